The van der Waals surface area contributed by atoms with Gasteiger partial charge in [0.25, 0.3) is 0 Å². The molecule has 0 fully saturated rings. The van der Waals surface area contributed by atoms with Crippen LogP contribution < -0.4 is 0 Å². The van der Waals surface area contributed by atoms with Crippen molar-refractivity contribution in [3.05, 3.63) is 0 Å². The lowest BCUT2D eigenvalue weighted by molar-refractivity contribution is -0.166. The SMILES string of the molecule is COC(C)(C)C(=O)OCC(C)C. The first-order valence-electron chi connectivity index (χ1n) is 4.12. The summed E-state index contributed by atoms with van der Waals surface area (Å²) >= 11 is 0. The average molecular weight is 174 g/mol. The molecular formula is C9H18O3. The molecule has 0 rings (SSSR count). The molecule has 0 amide bonds. The summed E-state index contributed by atoms with van der Waals surface area (Å²) < 4.78 is 9.95. The van der Waals surface area contributed by atoms with Gasteiger partial charge >= 0.3 is 5.97 Å². The van der Waals surface area contributed by atoms with Gasteiger partial charge in [-0.15, -0.1) is 0 Å². The Kier molecular flexibility index (Phi) is 4.24. The van der Waals surface area contributed by atoms with Gasteiger partial charge in [0.05, 0.1) is 6.61 Å². The fourth-order valence-corrected chi connectivity index (χ4v) is 0.499. The van der Waals surface area contributed by atoms with Crippen LogP contribution in [0.4, 0.5) is 0 Å². The number of methoxy groups -OCH3 is 1. The largest absolute Gasteiger partial charge is 0.463 e. The molecule has 0 aliphatic carbocycles. The van der Waals surface area contributed by atoms with Gasteiger partial charge in [0, 0.05) is 7.11 Å². The summed E-state index contributed by atoms with van der Waals surface area (Å²) in [4.78, 5) is 11.3. The molecule has 0 aromatic rings. The molecule has 0 heterocycles. The molecule has 0 atom stereocenters. The van der Waals surface area contributed by atoms with Crippen molar-refractivity contribution in [1.82, 2.24) is 0 Å². The fraction of sp³-hybridized carbons (Fsp3) is 0.889. The molecule has 72 valence electrons. The molecule has 0 N–H and O–H groups in total. The lowest BCUT2D eigenvalue weighted by atomic mass is 10.1. The lowest BCUT2D eigenvalue weighted by Gasteiger charge is -2.21. The predicted octanol–water partition coefficient (Wildman–Crippen LogP) is 1.61. The predicted molar refractivity (Wildman–Crippen MR) is 46.9 cm³/mol. The summed E-state index contributed by atoms with van der Waals surface area (Å²) in [5, 5.41) is 0. The number of hydrogen-bond donors (Lipinski definition) is 0. The number of esters is 1. The molecule has 0 aliphatic rings. The van der Waals surface area contributed by atoms with Gasteiger partial charge in [-0.3, -0.25) is 0 Å². The number of ether oxygens (including phenoxy) is 2. The highest BCUT2D eigenvalue weighted by Gasteiger charge is 2.28. The van der Waals surface area contributed by atoms with Crippen molar-refractivity contribution < 1.29 is 14.3 Å². The molecule has 3 nitrogen and oxygen atoms in total. The first kappa shape index (κ1) is 11.4. The molecule has 0 saturated carbocycles. The van der Waals surface area contributed by atoms with E-state index in [1.54, 1.807) is 13.8 Å². The molecule has 12 heavy (non-hydrogen) atoms. The summed E-state index contributed by atoms with van der Waals surface area (Å²) in [6, 6.07) is 0. The number of hydrogen-bond acceptors (Lipinski definition) is 3. The smallest absolute Gasteiger partial charge is 0.337 e. The van der Waals surface area contributed by atoms with Crippen LogP contribution in [0.1, 0.15) is 27.7 Å². The van der Waals surface area contributed by atoms with Crippen LogP contribution in [0.5, 0.6) is 0 Å². The van der Waals surface area contributed by atoms with E-state index in [9.17, 15) is 4.79 Å². The van der Waals surface area contributed by atoms with Crippen molar-refractivity contribution in [1.29, 1.82) is 0 Å². The first-order valence-corrected chi connectivity index (χ1v) is 4.12. The molecule has 0 aliphatic heterocycles. The topological polar surface area (TPSA) is 35.5 Å². The molecule has 0 bridgehead atoms. The zero-order chi connectivity index (χ0) is 9.78. The average Bonchev–Trinajstić information content (AvgIpc) is 2.00. The summed E-state index contributed by atoms with van der Waals surface area (Å²) in [6.45, 7) is 7.82. The highest BCUT2D eigenvalue weighted by molar-refractivity contribution is 5.78. The van der Waals surface area contributed by atoms with E-state index in [-0.39, 0.29) is 5.97 Å². The minimum atomic E-state index is -0.825. The Morgan fingerprint density at radius 2 is 1.92 bits per heavy atom. The van der Waals surface area contributed by atoms with Crippen LogP contribution in [0.25, 0.3) is 0 Å². The van der Waals surface area contributed by atoms with Crippen LogP contribution in [0.15, 0.2) is 0 Å². The van der Waals surface area contributed by atoms with Crippen molar-refractivity contribution in [2.45, 2.75) is 33.3 Å². The van der Waals surface area contributed by atoms with Crippen LogP contribution in [-0.2, 0) is 14.3 Å². The zero-order valence-corrected chi connectivity index (χ0v) is 8.51. The Hall–Kier alpha value is -0.570. The highest BCUT2D eigenvalue weighted by atomic mass is 16.6. The van der Waals surface area contributed by atoms with Gasteiger partial charge in [0.2, 0.25) is 0 Å². The van der Waals surface area contributed by atoms with Crippen LogP contribution in [0.3, 0.4) is 0 Å². The van der Waals surface area contributed by atoms with Gasteiger partial charge in [0.1, 0.15) is 0 Å². The second kappa shape index (κ2) is 4.45. The minimum absolute atomic E-state index is 0.307. The summed E-state index contributed by atoms with van der Waals surface area (Å²) in [5.41, 5.74) is -0.825. The standard InChI is InChI=1S/C9H18O3/c1-7(2)6-12-8(10)9(3,4)11-5/h7H,6H2,1-5H3. The number of carbonyl (C=O) groups excluding carboxylic acids is 1. The van der Waals surface area contributed by atoms with E-state index in [0.29, 0.717) is 12.5 Å². The monoisotopic (exact) mass is 174 g/mol. The maximum atomic E-state index is 11.3. The summed E-state index contributed by atoms with van der Waals surface area (Å²) in [5.74, 6) is 0.0558. The molecular weight excluding hydrogens is 156 g/mol. The maximum absolute atomic E-state index is 11.3. The van der Waals surface area contributed by atoms with Gasteiger partial charge in [-0.1, -0.05) is 13.8 Å². The van der Waals surface area contributed by atoms with Gasteiger partial charge in [-0.25, -0.2) is 4.79 Å². The Morgan fingerprint density at radius 1 is 1.42 bits per heavy atom. The van der Waals surface area contributed by atoms with Crippen molar-refractivity contribution in [2.24, 2.45) is 5.92 Å². The molecule has 0 radical (unpaired) electrons. The minimum Gasteiger partial charge on any atom is -0.463 e. The van der Waals surface area contributed by atoms with Gasteiger partial charge in [0.15, 0.2) is 5.60 Å². The highest BCUT2D eigenvalue weighted by Crippen LogP contribution is 2.10. The van der Waals surface area contributed by atoms with Gasteiger partial charge in [-0.2, -0.15) is 0 Å². The zero-order valence-electron chi connectivity index (χ0n) is 8.51. The Labute approximate surface area is 74.0 Å². The maximum Gasteiger partial charge on any atom is 0.337 e. The Morgan fingerprint density at radius 3 is 2.25 bits per heavy atom. The van der Waals surface area contributed by atoms with E-state index < -0.39 is 5.60 Å². The molecule has 0 aromatic heterocycles. The third-order valence-electron chi connectivity index (χ3n) is 1.55. The van der Waals surface area contributed by atoms with Crippen molar-refractivity contribution in [3.8, 4) is 0 Å². The Balaban J connectivity index is 3.88. The van der Waals surface area contributed by atoms with Crippen molar-refractivity contribution in [3.63, 3.8) is 0 Å². The molecule has 0 unspecified atom stereocenters. The molecule has 3 heteroatoms. The molecule has 0 aromatic carbocycles. The van der Waals surface area contributed by atoms with Gasteiger partial charge in [-0.05, 0) is 19.8 Å². The lowest BCUT2D eigenvalue weighted by Crippen LogP contribution is -2.36. The van der Waals surface area contributed by atoms with E-state index in [0.717, 1.165) is 0 Å². The first-order chi connectivity index (χ1) is 5.40. The number of carbonyl (C=O) groups is 1. The second-order valence-electron chi connectivity index (χ2n) is 3.71. The number of rotatable bonds is 4. The van der Waals surface area contributed by atoms with Crippen LogP contribution in [0, 0.1) is 5.92 Å². The third-order valence-corrected chi connectivity index (χ3v) is 1.55. The third kappa shape index (κ3) is 3.72. The van der Waals surface area contributed by atoms with Gasteiger partial charge < -0.3 is 9.47 Å². The van der Waals surface area contributed by atoms with E-state index in [1.165, 1.54) is 7.11 Å². The Bertz CT molecular complexity index is 150. The fourth-order valence-electron chi connectivity index (χ4n) is 0.499. The molecule has 0 saturated heterocycles. The molecule has 0 spiro atoms. The normalized spacial score (nSPS) is 11.8. The van der Waals surface area contributed by atoms with Crippen molar-refractivity contribution >= 4 is 5.97 Å². The van der Waals surface area contributed by atoms with Crippen LogP contribution in [0.2, 0.25) is 0 Å². The van der Waals surface area contributed by atoms with E-state index in [4.69, 9.17) is 9.47 Å². The van der Waals surface area contributed by atoms with Crippen molar-refractivity contribution in [2.75, 3.05) is 13.7 Å². The second-order valence-corrected chi connectivity index (χ2v) is 3.71. The quantitative estimate of drug-likeness (QED) is 0.607. The van der Waals surface area contributed by atoms with E-state index in [1.807, 2.05) is 13.8 Å². The van der Waals surface area contributed by atoms with Crippen LogP contribution >= 0.6 is 0 Å². The summed E-state index contributed by atoms with van der Waals surface area (Å²) in [6.07, 6.45) is 0. The van der Waals surface area contributed by atoms with E-state index >= 15 is 0 Å². The van der Waals surface area contributed by atoms with Crippen LogP contribution in [-0.4, -0.2) is 25.3 Å². The summed E-state index contributed by atoms with van der Waals surface area (Å²) in [7, 11) is 1.50. The van der Waals surface area contributed by atoms with E-state index in [2.05, 4.69) is 0 Å².